The zero-order chi connectivity index (χ0) is 23.2. The van der Waals surface area contributed by atoms with Gasteiger partial charge in [0.2, 0.25) is 0 Å². The molecule has 3 aromatic rings. The number of anilines is 1. The highest BCUT2D eigenvalue weighted by atomic mass is 35.5. The van der Waals surface area contributed by atoms with Crippen molar-refractivity contribution in [2.75, 3.05) is 18.0 Å². The van der Waals surface area contributed by atoms with Crippen molar-refractivity contribution in [1.29, 1.82) is 0 Å². The Kier molecular flexibility index (Phi) is 5.63. The lowest BCUT2D eigenvalue weighted by Crippen LogP contribution is -2.43. The van der Waals surface area contributed by atoms with Crippen LogP contribution in [0.15, 0.2) is 30.6 Å². The second-order valence-corrected chi connectivity index (χ2v) is 10.3. The number of hydrogen-bond acceptors (Lipinski definition) is 6. The van der Waals surface area contributed by atoms with Gasteiger partial charge in [-0.05, 0) is 68.9 Å². The van der Waals surface area contributed by atoms with Gasteiger partial charge in [0.1, 0.15) is 23.7 Å². The second kappa shape index (κ2) is 8.80. The molecule has 1 aliphatic heterocycles. The molecule has 2 aromatic heterocycles. The summed E-state index contributed by atoms with van der Waals surface area (Å²) in [5.74, 6) is 3.64. The van der Waals surface area contributed by atoms with E-state index in [1.54, 1.807) is 12.4 Å². The van der Waals surface area contributed by atoms with Crippen molar-refractivity contribution in [3.05, 3.63) is 53.0 Å². The highest BCUT2D eigenvalue weighted by Crippen LogP contribution is 2.44. The maximum atomic E-state index is 13.6. The van der Waals surface area contributed by atoms with Crippen molar-refractivity contribution in [2.45, 2.75) is 51.5 Å². The molecule has 2 aliphatic carbocycles. The molecule has 3 atom stereocenters. The van der Waals surface area contributed by atoms with Crippen LogP contribution in [0.25, 0.3) is 0 Å². The van der Waals surface area contributed by atoms with E-state index in [9.17, 15) is 4.39 Å². The highest BCUT2D eigenvalue weighted by molar-refractivity contribution is 6.30. The van der Waals surface area contributed by atoms with Crippen molar-refractivity contribution in [1.82, 2.24) is 24.7 Å². The SMILES string of the molecule is Cc1cc(N2C[C@H]3CC[C@@H](C2)C3Cc2nc(Oc3ccc(F)c(Cl)c3)n(C3CCC3)n2)ncn1. The van der Waals surface area contributed by atoms with E-state index in [-0.39, 0.29) is 5.02 Å². The number of aromatic nitrogens is 5. The lowest BCUT2D eigenvalue weighted by atomic mass is 9.82. The Labute approximate surface area is 203 Å². The zero-order valence-electron chi connectivity index (χ0n) is 19.2. The van der Waals surface area contributed by atoms with E-state index >= 15 is 0 Å². The van der Waals surface area contributed by atoms with E-state index in [1.165, 1.54) is 31.4 Å². The normalized spacial score (nSPS) is 24.3. The summed E-state index contributed by atoms with van der Waals surface area (Å²) in [6.45, 7) is 4.03. The quantitative estimate of drug-likeness (QED) is 0.469. The van der Waals surface area contributed by atoms with Gasteiger partial charge in [-0.2, -0.15) is 10.1 Å². The summed E-state index contributed by atoms with van der Waals surface area (Å²) in [6, 6.07) is 7.24. The topological polar surface area (TPSA) is 69.0 Å². The van der Waals surface area contributed by atoms with Gasteiger partial charge in [-0.25, -0.2) is 19.0 Å². The first kappa shape index (κ1) is 21.8. The van der Waals surface area contributed by atoms with Crippen LogP contribution < -0.4 is 9.64 Å². The molecule has 3 aliphatic rings. The number of aryl methyl sites for hydroxylation is 1. The van der Waals surface area contributed by atoms with E-state index < -0.39 is 5.82 Å². The molecule has 7 nitrogen and oxygen atoms in total. The maximum absolute atomic E-state index is 13.6. The summed E-state index contributed by atoms with van der Waals surface area (Å²) < 4.78 is 21.5. The maximum Gasteiger partial charge on any atom is 0.320 e. The molecule has 1 saturated heterocycles. The van der Waals surface area contributed by atoms with Crippen LogP contribution in [-0.4, -0.2) is 37.8 Å². The van der Waals surface area contributed by atoms with Gasteiger partial charge in [0.05, 0.1) is 11.1 Å². The Morgan fingerprint density at radius 1 is 1.09 bits per heavy atom. The number of rotatable bonds is 6. The molecule has 3 heterocycles. The predicted molar refractivity (Wildman–Crippen MR) is 127 cm³/mol. The molecular weight excluding hydrogens is 455 g/mol. The molecule has 3 fully saturated rings. The monoisotopic (exact) mass is 482 g/mol. The van der Waals surface area contributed by atoms with E-state index in [4.69, 9.17) is 26.4 Å². The van der Waals surface area contributed by atoms with E-state index in [0.29, 0.717) is 35.6 Å². The van der Waals surface area contributed by atoms with Gasteiger partial charge in [0.25, 0.3) is 0 Å². The van der Waals surface area contributed by atoms with E-state index in [1.807, 2.05) is 11.6 Å². The summed E-state index contributed by atoms with van der Waals surface area (Å²) in [6.07, 6.45) is 8.31. The molecule has 9 heteroatoms. The third-order valence-electron chi connectivity index (χ3n) is 7.73. The first-order valence-corrected chi connectivity index (χ1v) is 12.5. The van der Waals surface area contributed by atoms with Crippen molar-refractivity contribution >= 4 is 17.4 Å². The van der Waals surface area contributed by atoms with Gasteiger partial charge in [0, 0.05) is 37.3 Å². The first-order valence-electron chi connectivity index (χ1n) is 12.2. The second-order valence-electron chi connectivity index (χ2n) is 9.91. The van der Waals surface area contributed by atoms with E-state index in [0.717, 1.165) is 49.7 Å². The fourth-order valence-corrected chi connectivity index (χ4v) is 5.87. The molecule has 1 unspecified atom stereocenters. The van der Waals surface area contributed by atoms with Crippen LogP contribution in [0.3, 0.4) is 0 Å². The molecule has 0 radical (unpaired) electrons. The van der Waals surface area contributed by atoms with E-state index in [2.05, 4.69) is 20.9 Å². The molecule has 0 spiro atoms. The molecule has 0 N–H and O–H groups in total. The smallest absolute Gasteiger partial charge is 0.320 e. The molecule has 34 heavy (non-hydrogen) atoms. The van der Waals surface area contributed by atoms with Crippen molar-refractivity contribution < 1.29 is 9.13 Å². The number of benzene rings is 1. The minimum atomic E-state index is -0.464. The Hall–Kier alpha value is -2.74. The number of fused-ring (bicyclic) bond motifs is 2. The predicted octanol–water partition coefficient (Wildman–Crippen LogP) is 5.39. The number of hydrogen-bond donors (Lipinski definition) is 0. The van der Waals surface area contributed by atoms with Crippen LogP contribution in [0.2, 0.25) is 5.02 Å². The number of ether oxygens (including phenoxy) is 1. The first-order chi connectivity index (χ1) is 16.5. The molecule has 2 bridgehead atoms. The van der Waals surface area contributed by atoms with Crippen LogP contribution >= 0.6 is 11.6 Å². The molecule has 0 amide bonds. The number of halogens is 2. The van der Waals surface area contributed by atoms with Crippen LogP contribution in [0.1, 0.15) is 49.7 Å². The highest BCUT2D eigenvalue weighted by Gasteiger charge is 2.43. The Balaban J connectivity index is 1.20. The molecule has 178 valence electrons. The standard InChI is InChI=1S/C25H28ClFN6O/c1-15-9-24(29-14-28-15)32-12-16-5-6-17(13-32)20(16)11-23-30-25(33(31-23)18-3-2-4-18)34-19-7-8-22(27)21(26)10-19/h7-10,14,16-18,20H,2-6,11-13H2,1H3/t16-,17+,20?. The third-order valence-corrected chi connectivity index (χ3v) is 8.01. The lowest BCUT2D eigenvalue weighted by Gasteiger charge is -2.38. The fraction of sp³-hybridized carbons (Fsp3) is 0.520. The molecule has 2 saturated carbocycles. The zero-order valence-corrected chi connectivity index (χ0v) is 20.0. The minimum Gasteiger partial charge on any atom is -0.424 e. The Bertz CT molecular complexity index is 1180. The Morgan fingerprint density at radius 2 is 1.88 bits per heavy atom. The van der Waals surface area contributed by atoms with Gasteiger partial charge >= 0.3 is 6.01 Å². The van der Waals surface area contributed by atoms with Gasteiger partial charge in [0.15, 0.2) is 5.82 Å². The fourth-order valence-electron chi connectivity index (χ4n) is 5.70. The van der Waals surface area contributed by atoms with Gasteiger partial charge in [-0.1, -0.05) is 11.6 Å². The summed E-state index contributed by atoms with van der Waals surface area (Å²) >= 11 is 5.95. The summed E-state index contributed by atoms with van der Waals surface area (Å²) in [7, 11) is 0. The third kappa shape index (κ3) is 4.13. The summed E-state index contributed by atoms with van der Waals surface area (Å²) in [5, 5.41) is 4.92. The van der Waals surface area contributed by atoms with Gasteiger partial charge in [-0.3, -0.25) is 0 Å². The molecule has 6 rings (SSSR count). The largest absolute Gasteiger partial charge is 0.424 e. The van der Waals surface area contributed by atoms with Gasteiger partial charge in [-0.15, -0.1) is 0 Å². The van der Waals surface area contributed by atoms with Crippen LogP contribution in [-0.2, 0) is 6.42 Å². The number of nitrogens with zero attached hydrogens (tertiary/aromatic N) is 6. The summed E-state index contributed by atoms with van der Waals surface area (Å²) in [5.41, 5.74) is 1.00. The minimum absolute atomic E-state index is 0.0367. The van der Waals surface area contributed by atoms with Crippen molar-refractivity contribution in [3.63, 3.8) is 0 Å². The average Bonchev–Trinajstić information content (AvgIpc) is 3.25. The number of piperidine rings is 1. The van der Waals surface area contributed by atoms with Crippen molar-refractivity contribution in [2.24, 2.45) is 17.8 Å². The summed E-state index contributed by atoms with van der Waals surface area (Å²) in [4.78, 5) is 16.0. The van der Waals surface area contributed by atoms with Crippen LogP contribution in [0.4, 0.5) is 10.2 Å². The van der Waals surface area contributed by atoms with Crippen LogP contribution in [0.5, 0.6) is 11.8 Å². The van der Waals surface area contributed by atoms with Crippen LogP contribution in [0, 0.1) is 30.5 Å². The lowest BCUT2D eigenvalue weighted by molar-refractivity contribution is 0.252. The molecular formula is C25H28ClFN6O. The van der Waals surface area contributed by atoms with Crippen molar-refractivity contribution in [3.8, 4) is 11.8 Å². The Morgan fingerprint density at radius 3 is 2.56 bits per heavy atom. The van der Waals surface area contributed by atoms with Gasteiger partial charge < -0.3 is 9.64 Å². The average molecular weight is 483 g/mol. The molecule has 1 aromatic carbocycles.